The van der Waals surface area contributed by atoms with Gasteiger partial charge in [-0.2, -0.15) is 0 Å². The number of hydrogen-bond donors (Lipinski definition) is 2. The average molecular weight is 377 g/mol. The molecule has 1 amide bonds. The Bertz CT molecular complexity index is 837. The maximum Gasteiger partial charge on any atom is 0.311 e. The molecule has 0 aliphatic heterocycles. The van der Waals surface area contributed by atoms with Crippen molar-refractivity contribution in [2.45, 2.75) is 18.5 Å². The molecule has 0 saturated heterocycles. The fraction of sp³-hybridized carbons (Fsp3) is 0.294. The summed E-state index contributed by atoms with van der Waals surface area (Å²) in [6, 6.07) is 8.34. The Kier molecular flexibility index (Phi) is 7.22. The lowest BCUT2D eigenvalue weighted by atomic mass is 10.3. The standard InChI is InChI=1S/C17H19N3O5S/c1-3-25-13-7-5-4-6-12(13)19-15(22)10-26-17-18-11(8-14(21)20-17)9-16(23)24-2/h4-8H,3,9-10H2,1-2H3,(H,19,22)(H,18,20,21). The predicted octanol–water partition coefficient (Wildman–Crippen LogP) is 1.61. The first-order valence-corrected chi connectivity index (χ1v) is 8.82. The van der Waals surface area contributed by atoms with E-state index in [0.717, 1.165) is 11.8 Å². The zero-order valence-electron chi connectivity index (χ0n) is 14.4. The fourth-order valence-electron chi connectivity index (χ4n) is 2.03. The second-order valence-electron chi connectivity index (χ2n) is 5.06. The van der Waals surface area contributed by atoms with Gasteiger partial charge >= 0.3 is 5.97 Å². The first-order chi connectivity index (χ1) is 12.5. The molecule has 138 valence electrons. The minimum atomic E-state index is -0.496. The summed E-state index contributed by atoms with van der Waals surface area (Å²) in [6.45, 7) is 2.34. The van der Waals surface area contributed by atoms with Gasteiger partial charge in [0.25, 0.3) is 5.56 Å². The summed E-state index contributed by atoms with van der Waals surface area (Å²) in [6.07, 6.45) is -0.109. The number of aromatic nitrogens is 2. The van der Waals surface area contributed by atoms with Crippen LogP contribution >= 0.6 is 11.8 Å². The molecule has 0 fully saturated rings. The third-order valence-electron chi connectivity index (χ3n) is 3.13. The van der Waals surface area contributed by atoms with Gasteiger partial charge in [0.1, 0.15) is 5.75 Å². The van der Waals surface area contributed by atoms with E-state index in [-0.39, 0.29) is 28.9 Å². The molecule has 1 aromatic heterocycles. The van der Waals surface area contributed by atoms with E-state index in [0.29, 0.717) is 18.0 Å². The number of aromatic amines is 1. The van der Waals surface area contributed by atoms with Gasteiger partial charge in [-0.25, -0.2) is 4.98 Å². The number of rotatable bonds is 8. The molecule has 0 aliphatic rings. The maximum atomic E-state index is 12.2. The van der Waals surface area contributed by atoms with E-state index in [1.165, 1.54) is 13.2 Å². The number of H-pyrrole nitrogens is 1. The van der Waals surface area contributed by atoms with E-state index in [1.807, 2.05) is 13.0 Å². The lowest BCUT2D eigenvalue weighted by Gasteiger charge is -2.11. The summed E-state index contributed by atoms with van der Waals surface area (Å²) in [5.74, 6) is -0.155. The van der Waals surface area contributed by atoms with Crippen LogP contribution in [0.5, 0.6) is 5.75 Å². The van der Waals surface area contributed by atoms with Gasteiger partial charge < -0.3 is 19.8 Å². The van der Waals surface area contributed by atoms with Gasteiger partial charge in [0, 0.05) is 6.07 Å². The number of nitrogens with one attached hydrogen (secondary N) is 2. The van der Waals surface area contributed by atoms with Crippen LogP contribution in [0.15, 0.2) is 40.3 Å². The SMILES string of the molecule is CCOc1ccccc1NC(=O)CSc1nc(CC(=O)OC)cc(=O)[nH]1. The van der Waals surface area contributed by atoms with Crippen molar-refractivity contribution in [1.29, 1.82) is 0 Å². The van der Waals surface area contributed by atoms with Crippen LogP contribution in [0.2, 0.25) is 0 Å². The number of nitrogens with zero attached hydrogens (tertiary/aromatic N) is 1. The van der Waals surface area contributed by atoms with E-state index in [9.17, 15) is 14.4 Å². The number of ether oxygens (including phenoxy) is 2. The topological polar surface area (TPSA) is 110 Å². The fourth-order valence-corrected chi connectivity index (χ4v) is 2.73. The van der Waals surface area contributed by atoms with Gasteiger partial charge in [-0.05, 0) is 19.1 Å². The largest absolute Gasteiger partial charge is 0.492 e. The Hall–Kier alpha value is -2.81. The Labute approximate surface area is 154 Å². The van der Waals surface area contributed by atoms with Crippen LogP contribution in [0.1, 0.15) is 12.6 Å². The number of methoxy groups -OCH3 is 1. The van der Waals surface area contributed by atoms with Crippen molar-refractivity contribution in [3.8, 4) is 5.75 Å². The predicted molar refractivity (Wildman–Crippen MR) is 97.5 cm³/mol. The summed E-state index contributed by atoms with van der Waals surface area (Å²) in [5, 5.41) is 3.01. The third kappa shape index (κ3) is 5.92. The van der Waals surface area contributed by atoms with Gasteiger partial charge in [-0.3, -0.25) is 14.4 Å². The lowest BCUT2D eigenvalue weighted by molar-refractivity contribution is -0.139. The van der Waals surface area contributed by atoms with Crippen molar-refractivity contribution in [2.75, 3.05) is 24.8 Å². The lowest BCUT2D eigenvalue weighted by Crippen LogP contribution is -2.17. The molecule has 0 unspecified atom stereocenters. The van der Waals surface area contributed by atoms with Gasteiger partial charge in [0.05, 0.1) is 37.3 Å². The summed E-state index contributed by atoms with van der Waals surface area (Å²) in [4.78, 5) is 41.8. The van der Waals surface area contributed by atoms with Crippen LogP contribution in [0.3, 0.4) is 0 Å². The summed E-state index contributed by atoms with van der Waals surface area (Å²) in [5.41, 5.74) is 0.453. The number of hydrogen-bond acceptors (Lipinski definition) is 7. The molecule has 0 aliphatic carbocycles. The Morgan fingerprint density at radius 3 is 2.81 bits per heavy atom. The number of carbonyl (C=O) groups is 2. The number of esters is 1. The molecule has 0 spiro atoms. The van der Waals surface area contributed by atoms with Crippen LogP contribution in [0, 0.1) is 0 Å². The summed E-state index contributed by atoms with van der Waals surface area (Å²) >= 11 is 1.06. The van der Waals surface area contributed by atoms with Crippen molar-refractivity contribution in [1.82, 2.24) is 9.97 Å². The Balaban J connectivity index is 1.99. The molecule has 9 heteroatoms. The van der Waals surface area contributed by atoms with Crippen LogP contribution in [-0.2, 0) is 20.7 Å². The highest BCUT2D eigenvalue weighted by molar-refractivity contribution is 7.99. The molecular weight excluding hydrogens is 358 g/mol. The summed E-state index contributed by atoms with van der Waals surface area (Å²) < 4.78 is 10.0. The molecular formula is C17H19N3O5S. The summed E-state index contributed by atoms with van der Waals surface area (Å²) in [7, 11) is 1.26. The van der Waals surface area contributed by atoms with E-state index < -0.39 is 11.5 Å². The minimum absolute atomic E-state index is 0.0328. The number of benzene rings is 1. The van der Waals surface area contributed by atoms with Crippen molar-refractivity contribution < 1.29 is 19.1 Å². The van der Waals surface area contributed by atoms with Gasteiger partial charge in [0.2, 0.25) is 5.91 Å². The molecule has 8 nitrogen and oxygen atoms in total. The average Bonchev–Trinajstić information content (AvgIpc) is 2.61. The molecule has 26 heavy (non-hydrogen) atoms. The van der Waals surface area contributed by atoms with E-state index in [4.69, 9.17) is 4.74 Å². The highest BCUT2D eigenvalue weighted by Crippen LogP contribution is 2.24. The number of para-hydroxylation sites is 2. The molecule has 1 heterocycles. The van der Waals surface area contributed by atoms with E-state index >= 15 is 0 Å². The molecule has 0 bridgehead atoms. The Morgan fingerprint density at radius 2 is 2.08 bits per heavy atom. The second-order valence-corrected chi connectivity index (χ2v) is 6.02. The van der Waals surface area contributed by atoms with Gasteiger partial charge in [0.15, 0.2) is 5.16 Å². The smallest absolute Gasteiger partial charge is 0.311 e. The first-order valence-electron chi connectivity index (χ1n) is 7.83. The van der Waals surface area contributed by atoms with E-state index in [1.54, 1.807) is 18.2 Å². The second kappa shape index (κ2) is 9.62. The maximum absolute atomic E-state index is 12.2. The van der Waals surface area contributed by atoms with Gasteiger partial charge in [-0.1, -0.05) is 23.9 Å². The van der Waals surface area contributed by atoms with Crippen LogP contribution in [0.4, 0.5) is 5.69 Å². The quantitative estimate of drug-likeness (QED) is 0.408. The zero-order valence-corrected chi connectivity index (χ0v) is 15.2. The molecule has 2 N–H and O–H groups in total. The number of anilines is 1. The molecule has 2 rings (SSSR count). The molecule has 0 atom stereocenters. The third-order valence-corrected chi connectivity index (χ3v) is 4.00. The van der Waals surface area contributed by atoms with Gasteiger partial charge in [-0.15, -0.1) is 0 Å². The van der Waals surface area contributed by atoms with Crippen molar-refractivity contribution in [3.63, 3.8) is 0 Å². The monoisotopic (exact) mass is 377 g/mol. The normalized spacial score (nSPS) is 10.2. The molecule has 0 saturated carbocycles. The Morgan fingerprint density at radius 1 is 1.31 bits per heavy atom. The number of carbonyl (C=O) groups excluding carboxylic acids is 2. The molecule has 0 radical (unpaired) electrons. The molecule has 2 aromatic rings. The zero-order chi connectivity index (χ0) is 18.9. The van der Waals surface area contributed by atoms with Crippen molar-refractivity contribution >= 4 is 29.3 Å². The minimum Gasteiger partial charge on any atom is -0.492 e. The number of thioether (sulfide) groups is 1. The van der Waals surface area contributed by atoms with Crippen molar-refractivity contribution in [3.05, 3.63) is 46.4 Å². The van der Waals surface area contributed by atoms with E-state index in [2.05, 4.69) is 20.0 Å². The number of amides is 1. The first kappa shape index (κ1) is 19.5. The molecule has 1 aromatic carbocycles. The highest BCUT2D eigenvalue weighted by Gasteiger charge is 2.11. The highest BCUT2D eigenvalue weighted by atomic mass is 32.2. The van der Waals surface area contributed by atoms with Crippen LogP contribution < -0.4 is 15.6 Å². The van der Waals surface area contributed by atoms with Crippen molar-refractivity contribution in [2.24, 2.45) is 0 Å². The van der Waals surface area contributed by atoms with Crippen LogP contribution in [0.25, 0.3) is 0 Å². The van der Waals surface area contributed by atoms with Crippen LogP contribution in [-0.4, -0.2) is 41.3 Å².